The van der Waals surface area contributed by atoms with Crippen molar-refractivity contribution >= 4 is 11.6 Å². The summed E-state index contributed by atoms with van der Waals surface area (Å²) < 4.78 is 24.2. The van der Waals surface area contributed by atoms with Gasteiger partial charge in [0.05, 0.1) is 10.5 Å². The number of nitro groups is 1. The van der Waals surface area contributed by atoms with Crippen molar-refractivity contribution in [3.63, 3.8) is 0 Å². The predicted molar refractivity (Wildman–Crippen MR) is 70.6 cm³/mol. The van der Waals surface area contributed by atoms with Crippen LogP contribution in [0.2, 0.25) is 0 Å². The van der Waals surface area contributed by atoms with Crippen LogP contribution in [0, 0.1) is 15.9 Å². The van der Waals surface area contributed by atoms with Crippen LogP contribution in [0.25, 0.3) is 0 Å². The van der Waals surface area contributed by atoms with Gasteiger partial charge in [-0.15, -0.1) is 0 Å². The molecule has 0 radical (unpaired) electrons. The summed E-state index contributed by atoms with van der Waals surface area (Å²) in [4.78, 5) is 23.7. The van der Waals surface area contributed by atoms with E-state index in [0.29, 0.717) is 0 Å². The predicted octanol–water partition coefficient (Wildman–Crippen LogP) is 1.22. The Morgan fingerprint density at radius 2 is 1.90 bits per heavy atom. The highest BCUT2D eigenvalue weighted by atomic mass is 19.1. The second-order valence-electron chi connectivity index (χ2n) is 4.68. The number of benzene rings is 1. The van der Waals surface area contributed by atoms with Crippen LogP contribution >= 0.6 is 0 Å². The monoisotopic (exact) mass is 298 g/mol. The van der Waals surface area contributed by atoms with Crippen molar-refractivity contribution in [2.24, 2.45) is 0 Å². The molecule has 2 rings (SSSR count). The van der Waals surface area contributed by atoms with Gasteiger partial charge in [-0.25, -0.2) is 4.39 Å². The Morgan fingerprint density at radius 3 is 2.38 bits per heavy atom. The Labute approximate surface area is 120 Å². The van der Waals surface area contributed by atoms with Gasteiger partial charge in [-0.1, -0.05) is 0 Å². The molecule has 2 atom stereocenters. The molecule has 21 heavy (non-hydrogen) atoms. The first-order valence-corrected chi connectivity index (χ1v) is 6.26. The van der Waals surface area contributed by atoms with Gasteiger partial charge in [-0.05, 0) is 6.07 Å². The smallest absolute Gasteiger partial charge is 0.270 e. The Morgan fingerprint density at radius 1 is 1.33 bits per heavy atom. The fraction of sp³-hybridized carbons (Fsp3) is 0.462. The fourth-order valence-electron chi connectivity index (χ4n) is 2.32. The number of nitro benzene ring substituents is 1. The number of carbonyl (C=O) groups excluding carboxylic acids is 1. The number of hydrogen-bond acceptors (Lipinski definition) is 5. The standard InChI is InChI=1S/C13H15FN2O5/c1-20-11-6-15(7-12(11)21-2)13(17)9-5-8(16(18)19)3-4-10(9)14/h3-5,11-12H,6-7H2,1-2H3. The number of halogens is 1. The van der Waals surface area contributed by atoms with Crippen molar-refractivity contribution in [2.45, 2.75) is 12.2 Å². The Hall–Kier alpha value is -2.06. The SMILES string of the molecule is COC1CN(C(=O)c2cc([N+](=O)[O-])ccc2F)CC1OC. The number of methoxy groups -OCH3 is 2. The molecule has 0 spiro atoms. The maximum Gasteiger partial charge on any atom is 0.270 e. The van der Waals surface area contributed by atoms with Crippen molar-refractivity contribution in [3.05, 3.63) is 39.7 Å². The second kappa shape index (κ2) is 6.15. The van der Waals surface area contributed by atoms with Crippen molar-refractivity contribution in [1.82, 2.24) is 4.90 Å². The van der Waals surface area contributed by atoms with E-state index in [-0.39, 0.29) is 36.5 Å². The first-order chi connectivity index (χ1) is 9.97. The first-order valence-electron chi connectivity index (χ1n) is 6.26. The van der Waals surface area contributed by atoms with Gasteiger partial charge in [-0.2, -0.15) is 0 Å². The number of likely N-dealkylation sites (tertiary alicyclic amines) is 1. The number of hydrogen-bond donors (Lipinski definition) is 0. The minimum Gasteiger partial charge on any atom is -0.377 e. The van der Waals surface area contributed by atoms with Gasteiger partial charge in [0.2, 0.25) is 0 Å². The summed E-state index contributed by atoms with van der Waals surface area (Å²) in [5.74, 6) is -1.40. The Kier molecular flexibility index (Phi) is 4.49. The van der Waals surface area contributed by atoms with E-state index in [9.17, 15) is 19.3 Å². The molecule has 0 aliphatic carbocycles. The van der Waals surface area contributed by atoms with Gasteiger partial charge >= 0.3 is 0 Å². The fourth-order valence-corrected chi connectivity index (χ4v) is 2.32. The summed E-state index contributed by atoms with van der Waals surface area (Å²) in [6.07, 6.45) is -0.610. The molecule has 0 saturated carbocycles. The van der Waals surface area contributed by atoms with E-state index in [1.54, 1.807) is 0 Å². The first kappa shape index (κ1) is 15.3. The highest BCUT2D eigenvalue weighted by Crippen LogP contribution is 2.22. The number of rotatable bonds is 4. The van der Waals surface area contributed by atoms with Gasteiger partial charge in [-0.3, -0.25) is 14.9 Å². The molecule has 1 heterocycles. The molecule has 0 bridgehead atoms. The van der Waals surface area contributed by atoms with Crippen LogP contribution in [-0.4, -0.2) is 55.2 Å². The number of non-ortho nitro benzene ring substituents is 1. The van der Waals surface area contributed by atoms with Gasteiger partial charge in [0.1, 0.15) is 18.0 Å². The number of ether oxygens (including phenoxy) is 2. The van der Waals surface area contributed by atoms with Crippen molar-refractivity contribution < 1.29 is 23.6 Å². The maximum absolute atomic E-state index is 13.8. The zero-order chi connectivity index (χ0) is 15.6. The molecule has 1 aliphatic rings. The highest BCUT2D eigenvalue weighted by Gasteiger charge is 2.36. The van der Waals surface area contributed by atoms with Crippen LogP contribution in [0.1, 0.15) is 10.4 Å². The van der Waals surface area contributed by atoms with E-state index >= 15 is 0 Å². The molecule has 1 aliphatic heterocycles. The lowest BCUT2D eigenvalue weighted by Gasteiger charge is -2.16. The number of carbonyl (C=O) groups is 1. The van der Waals surface area contributed by atoms with Crippen LogP contribution in [-0.2, 0) is 9.47 Å². The van der Waals surface area contributed by atoms with Crippen LogP contribution < -0.4 is 0 Å². The lowest BCUT2D eigenvalue weighted by molar-refractivity contribution is -0.384. The van der Waals surface area contributed by atoms with E-state index < -0.39 is 16.6 Å². The molecular formula is C13H15FN2O5. The van der Waals surface area contributed by atoms with Crippen LogP contribution in [0.15, 0.2) is 18.2 Å². The van der Waals surface area contributed by atoms with E-state index in [0.717, 1.165) is 18.2 Å². The minimum atomic E-state index is -0.791. The van der Waals surface area contributed by atoms with Crippen molar-refractivity contribution in [3.8, 4) is 0 Å². The molecule has 1 fully saturated rings. The normalized spacial score (nSPS) is 21.6. The van der Waals surface area contributed by atoms with Crippen molar-refractivity contribution in [2.75, 3.05) is 27.3 Å². The average Bonchev–Trinajstić information content (AvgIpc) is 2.90. The maximum atomic E-state index is 13.8. The topological polar surface area (TPSA) is 81.9 Å². The Balaban J connectivity index is 2.25. The molecule has 7 nitrogen and oxygen atoms in total. The largest absolute Gasteiger partial charge is 0.377 e. The summed E-state index contributed by atoms with van der Waals surface area (Å²) in [6.45, 7) is 0.492. The lowest BCUT2D eigenvalue weighted by atomic mass is 10.1. The summed E-state index contributed by atoms with van der Waals surface area (Å²) in [6, 6.07) is 2.88. The number of amides is 1. The lowest BCUT2D eigenvalue weighted by Crippen LogP contribution is -2.30. The van der Waals surface area contributed by atoms with Crippen LogP contribution in [0.3, 0.4) is 0 Å². The molecule has 1 amide bonds. The zero-order valence-electron chi connectivity index (χ0n) is 11.6. The highest BCUT2D eigenvalue weighted by molar-refractivity contribution is 5.95. The summed E-state index contributed by atoms with van der Waals surface area (Å²) in [7, 11) is 3.00. The van der Waals surface area contributed by atoms with E-state index in [1.165, 1.54) is 19.1 Å². The molecule has 0 aromatic heterocycles. The summed E-state index contributed by atoms with van der Waals surface area (Å²) in [5, 5.41) is 10.7. The molecule has 1 saturated heterocycles. The van der Waals surface area contributed by atoms with Crippen molar-refractivity contribution in [1.29, 1.82) is 0 Å². The van der Waals surface area contributed by atoms with E-state index in [1.807, 2.05) is 0 Å². The van der Waals surface area contributed by atoms with Crippen LogP contribution in [0.5, 0.6) is 0 Å². The molecule has 1 aromatic rings. The average molecular weight is 298 g/mol. The summed E-state index contributed by atoms with van der Waals surface area (Å²) in [5.41, 5.74) is -0.652. The second-order valence-corrected chi connectivity index (χ2v) is 4.68. The number of nitrogens with zero attached hydrogens (tertiary/aromatic N) is 2. The quantitative estimate of drug-likeness (QED) is 0.616. The minimum absolute atomic E-state index is 0.246. The van der Waals surface area contributed by atoms with E-state index in [4.69, 9.17) is 9.47 Å². The molecular weight excluding hydrogens is 283 g/mol. The molecule has 114 valence electrons. The van der Waals surface area contributed by atoms with Gasteiger partial charge in [0.25, 0.3) is 11.6 Å². The molecule has 8 heteroatoms. The molecule has 0 N–H and O–H groups in total. The van der Waals surface area contributed by atoms with Crippen LogP contribution in [0.4, 0.5) is 10.1 Å². The third-order valence-corrected chi connectivity index (χ3v) is 3.50. The zero-order valence-corrected chi connectivity index (χ0v) is 11.6. The third-order valence-electron chi connectivity index (χ3n) is 3.50. The Bertz CT molecular complexity index is 553. The molecule has 2 unspecified atom stereocenters. The van der Waals surface area contributed by atoms with E-state index in [2.05, 4.69) is 0 Å². The summed E-state index contributed by atoms with van der Waals surface area (Å²) >= 11 is 0. The third kappa shape index (κ3) is 3.01. The van der Waals surface area contributed by atoms with Gasteiger partial charge in [0, 0.05) is 39.4 Å². The van der Waals surface area contributed by atoms with Gasteiger partial charge < -0.3 is 14.4 Å². The molecule has 1 aromatic carbocycles. The van der Waals surface area contributed by atoms with Gasteiger partial charge in [0.15, 0.2) is 0 Å².